The lowest BCUT2D eigenvalue weighted by Crippen LogP contribution is -2.31. The lowest BCUT2D eigenvalue weighted by Gasteiger charge is -2.31. The largest absolute Gasteiger partial charge is 0.381 e. The van der Waals surface area contributed by atoms with E-state index >= 15 is 0 Å². The van der Waals surface area contributed by atoms with Crippen LogP contribution in [0, 0.1) is 31.1 Å². The van der Waals surface area contributed by atoms with Gasteiger partial charge < -0.3 is 10.6 Å². The van der Waals surface area contributed by atoms with Gasteiger partial charge in [-0.3, -0.25) is 9.29 Å². The predicted molar refractivity (Wildman–Crippen MR) is 121 cm³/mol. The Balaban J connectivity index is 0.000000254. The van der Waals surface area contributed by atoms with Gasteiger partial charge in [-0.15, -0.1) is 19.4 Å². The van der Waals surface area contributed by atoms with Crippen LogP contribution in [0.1, 0.15) is 31.7 Å². The normalized spacial score (nSPS) is 19.8. The zero-order chi connectivity index (χ0) is 20.1. The van der Waals surface area contributed by atoms with Gasteiger partial charge in [-0.2, -0.15) is 0 Å². The fraction of sp³-hybridized carbons (Fsp3) is 0.591. The number of aryl methyl sites for hydroxylation is 1. The van der Waals surface area contributed by atoms with Crippen LogP contribution in [0.25, 0.3) is 0 Å². The molecule has 1 aliphatic carbocycles. The van der Waals surface area contributed by atoms with E-state index in [-0.39, 0.29) is 0 Å². The van der Waals surface area contributed by atoms with Crippen molar-refractivity contribution in [3.63, 3.8) is 0 Å². The molecule has 1 aromatic heterocycles. The third-order valence-electron chi connectivity index (χ3n) is 5.30. The Kier molecular flexibility index (Phi) is 11.2. The average molecular weight is 389 g/mol. The quantitative estimate of drug-likeness (QED) is 0.416. The van der Waals surface area contributed by atoms with E-state index in [1.165, 1.54) is 44.6 Å². The van der Waals surface area contributed by atoms with Crippen molar-refractivity contribution in [2.45, 2.75) is 33.1 Å². The van der Waals surface area contributed by atoms with Crippen LogP contribution in [0.5, 0.6) is 0 Å². The second kappa shape index (κ2) is 12.8. The minimum absolute atomic E-state index is 0.758. The van der Waals surface area contributed by atoms with Crippen LogP contribution >= 0.6 is 11.9 Å². The summed E-state index contributed by atoms with van der Waals surface area (Å²) in [7, 11) is 2.08. The molecule has 0 radical (unpaired) electrons. The van der Waals surface area contributed by atoms with Gasteiger partial charge in [-0.05, 0) is 62.7 Å². The number of terminal acetylenes is 1. The summed E-state index contributed by atoms with van der Waals surface area (Å²) in [5.74, 6) is 2.22. The first-order valence-corrected chi connectivity index (χ1v) is 10.7. The topological polar surface area (TPSA) is 40.2 Å². The molecule has 0 bridgehead atoms. The van der Waals surface area contributed by atoms with Gasteiger partial charge in [0, 0.05) is 43.5 Å². The Morgan fingerprint density at radius 2 is 2.11 bits per heavy atom. The predicted octanol–water partition coefficient (Wildman–Crippen LogP) is 4.21. The molecular formula is C22H36N4S. The fourth-order valence-electron chi connectivity index (χ4n) is 3.68. The van der Waals surface area contributed by atoms with Gasteiger partial charge in [0.2, 0.25) is 0 Å². The Bertz CT molecular complexity index is 564. The number of pyridine rings is 1. The summed E-state index contributed by atoms with van der Waals surface area (Å²) in [5, 5.41) is 6.52. The third kappa shape index (κ3) is 7.57. The molecule has 2 N–H and O–H groups in total. The van der Waals surface area contributed by atoms with Crippen molar-refractivity contribution in [3.8, 4) is 12.8 Å². The summed E-state index contributed by atoms with van der Waals surface area (Å²) < 4.78 is 2.56. The summed E-state index contributed by atoms with van der Waals surface area (Å²) in [5.41, 5.74) is 3.04. The van der Waals surface area contributed by atoms with Crippen molar-refractivity contribution >= 4 is 17.6 Å². The Hall–Kier alpha value is -1.48. The Morgan fingerprint density at radius 3 is 2.67 bits per heavy atom. The molecule has 0 amide bonds. The molecule has 2 aliphatic rings. The van der Waals surface area contributed by atoms with Gasteiger partial charge in [0.05, 0.1) is 0 Å². The lowest BCUT2D eigenvalue weighted by molar-refractivity contribution is 0.253. The first-order valence-electron chi connectivity index (χ1n) is 9.76. The molecule has 5 heteroatoms. The van der Waals surface area contributed by atoms with Crippen molar-refractivity contribution in [2.75, 3.05) is 44.3 Å². The van der Waals surface area contributed by atoms with Gasteiger partial charge in [0.1, 0.15) is 0 Å². The molecule has 1 spiro atoms. The number of hydrogen-bond donors (Lipinski definition) is 2. The van der Waals surface area contributed by atoms with Crippen molar-refractivity contribution in [2.24, 2.45) is 11.3 Å². The number of piperidine rings is 1. The Labute approximate surface area is 170 Å². The molecule has 2 fully saturated rings. The fourth-order valence-corrected chi connectivity index (χ4v) is 4.48. The smallest absolute Gasteiger partial charge is 0.0403 e. The standard InChI is InChI=1S/C11H22N2S.C9H12N2.C2H2/c1-3-14-13-6-4-11(5-7-13)8-10(11)9-12-2;1-3-5-11-9-4-6-10-7-8(9)2;1-2/h10,12H,3-9H2,1-2H3;3-4,6-7H,1,5H2,2H3,(H,10,11);1-2H. The molecule has 1 saturated heterocycles. The van der Waals surface area contributed by atoms with Gasteiger partial charge in [0.15, 0.2) is 0 Å². The van der Waals surface area contributed by atoms with Crippen LogP contribution in [0.3, 0.4) is 0 Å². The van der Waals surface area contributed by atoms with E-state index in [1.807, 2.05) is 37.2 Å². The first-order chi connectivity index (χ1) is 13.1. The van der Waals surface area contributed by atoms with E-state index in [0.29, 0.717) is 0 Å². The molecule has 2 heterocycles. The molecule has 1 atom stereocenters. The van der Waals surface area contributed by atoms with Crippen LogP contribution < -0.4 is 10.6 Å². The van der Waals surface area contributed by atoms with Crippen molar-refractivity contribution in [3.05, 3.63) is 36.7 Å². The van der Waals surface area contributed by atoms with Gasteiger partial charge >= 0.3 is 0 Å². The zero-order valence-electron chi connectivity index (χ0n) is 17.2. The van der Waals surface area contributed by atoms with Crippen LogP contribution in [0.2, 0.25) is 0 Å². The van der Waals surface area contributed by atoms with Crippen molar-refractivity contribution < 1.29 is 0 Å². The van der Waals surface area contributed by atoms with Crippen molar-refractivity contribution in [1.29, 1.82) is 0 Å². The Morgan fingerprint density at radius 1 is 1.41 bits per heavy atom. The molecule has 27 heavy (non-hydrogen) atoms. The van der Waals surface area contributed by atoms with E-state index in [1.54, 1.807) is 6.20 Å². The van der Waals surface area contributed by atoms with Crippen LogP contribution in [0.15, 0.2) is 31.1 Å². The number of hydrogen-bond acceptors (Lipinski definition) is 5. The zero-order valence-corrected chi connectivity index (χ0v) is 18.0. The maximum Gasteiger partial charge on any atom is 0.0403 e. The maximum atomic E-state index is 4.00. The molecule has 1 aliphatic heterocycles. The highest BCUT2D eigenvalue weighted by Crippen LogP contribution is 2.59. The van der Waals surface area contributed by atoms with E-state index in [4.69, 9.17) is 0 Å². The molecule has 3 rings (SSSR count). The lowest BCUT2D eigenvalue weighted by atomic mass is 9.92. The molecule has 1 aromatic rings. The average Bonchev–Trinajstić information content (AvgIpc) is 3.37. The summed E-state index contributed by atoms with van der Waals surface area (Å²) >= 11 is 2.01. The van der Waals surface area contributed by atoms with Crippen LogP contribution in [-0.2, 0) is 0 Å². The number of anilines is 1. The molecule has 1 saturated carbocycles. The van der Waals surface area contributed by atoms with Crippen LogP contribution in [0.4, 0.5) is 5.69 Å². The SMILES string of the molecule is C#C.C=CCNc1ccncc1C.CCSN1CCC2(CC1)CC2CNC. The number of rotatable bonds is 7. The number of nitrogens with zero attached hydrogens (tertiary/aromatic N) is 2. The molecule has 4 nitrogen and oxygen atoms in total. The van der Waals surface area contributed by atoms with Gasteiger partial charge in [0.25, 0.3) is 0 Å². The first kappa shape index (κ1) is 23.6. The summed E-state index contributed by atoms with van der Waals surface area (Å²) in [6.07, 6.45) is 17.8. The van der Waals surface area contributed by atoms with Crippen molar-refractivity contribution in [1.82, 2.24) is 14.6 Å². The van der Waals surface area contributed by atoms with Gasteiger partial charge in [-0.25, -0.2) is 0 Å². The minimum atomic E-state index is 0.758. The molecular weight excluding hydrogens is 352 g/mol. The molecule has 150 valence electrons. The third-order valence-corrected chi connectivity index (χ3v) is 6.28. The highest BCUT2D eigenvalue weighted by Gasteiger charge is 2.53. The highest BCUT2D eigenvalue weighted by atomic mass is 32.2. The minimum Gasteiger partial charge on any atom is -0.381 e. The van der Waals surface area contributed by atoms with Crippen LogP contribution in [-0.4, -0.2) is 48.3 Å². The van der Waals surface area contributed by atoms with E-state index in [0.717, 1.165) is 29.1 Å². The second-order valence-electron chi connectivity index (χ2n) is 7.03. The van der Waals surface area contributed by atoms with E-state index in [2.05, 4.69) is 53.3 Å². The van der Waals surface area contributed by atoms with E-state index < -0.39 is 0 Å². The van der Waals surface area contributed by atoms with Gasteiger partial charge in [-0.1, -0.05) is 24.9 Å². The highest BCUT2D eigenvalue weighted by molar-refractivity contribution is 7.96. The number of aromatic nitrogens is 1. The van der Waals surface area contributed by atoms with E-state index in [9.17, 15) is 0 Å². The summed E-state index contributed by atoms with van der Waals surface area (Å²) in [6, 6.07) is 1.96. The summed E-state index contributed by atoms with van der Waals surface area (Å²) in [6.45, 7) is 12.6. The number of nitrogens with one attached hydrogen (secondary N) is 2. The second-order valence-corrected chi connectivity index (χ2v) is 8.38. The summed E-state index contributed by atoms with van der Waals surface area (Å²) in [4.78, 5) is 3.99. The molecule has 0 aromatic carbocycles. The molecule has 1 unspecified atom stereocenters. The monoisotopic (exact) mass is 388 g/mol. The maximum absolute atomic E-state index is 4.00.